The molecule has 4 nitrogen and oxygen atoms in total. The van der Waals surface area contributed by atoms with Crippen molar-refractivity contribution in [2.24, 2.45) is 0 Å². The van der Waals surface area contributed by atoms with Crippen LogP contribution in [0.1, 0.15) is 10.6 Å². The second kappa shape index (κ2) is 7.94. The van der Waals surface area contributed by atoms with Crippen molar-refractivity contribution in [2.75, 3.05) is 12.3 Å². The first-order valence-corrected chi connectivity index (χ1v) is 9.90. The van der Waals surface area contributed by atoms with Gasteiger partial charge in [-0.1, -0.05) is 41.9 Å². The van der Waals surface area contributed by atoms with Crippen molar-refractivity contribution >= 4 is 40.2 Å². The van der Waals surface area contributed by atoms with Gasteiger partial charge in [0.1, 0.15) is 0 Å². The quantitative estimate of drug-likeness (QED) is 0.329. The normalized spacial score (nSPS) is 11.0. The molecule has 27 heavy (non-hydrogen) atoms. The summed E-state index contributed by atoms with van der Waals surface area (Å²) in [6, 6.07) is 19.4. The summed E-state index contributed by atoms with van der Waals surface area (Å²) in [6.45, 7) is 0.545. The smallest absolute Gasteiger partial charge is 0.287 e. The molecule has 0 spiro atoms. The van der Waals surface area contributed by atoms with Crippen molar-refractivity contribution in [3.63, 3.8) is 0 Å². The number of benzene rings is 2. The molecule has 2 aromatic heterocycles. The third-order valence-corrected chi connectivity index (χ3v) is 5.54. The third-order valence-electron chi connectivity index (χ3n) is 4.17. The van der Waals surface area contributed by atoms with Gasteiger partial charge in [-0.15, -0.1) is 11.8 Å². The maximum Gasteiger partial charge on any atom is 0.287 e. The summed E-state index contributed by atoms with van der Waals surface area (Å²) in [6.07, 6.45) is 1.49. The Morgan fingerprint density at radius 1 is 1.07 bits per heavy atom. The number of para-hydroxylation sites is 1. The topological polar surface area (TPSA) is 58.0 Å². The van der Waals surface area contributed by atoms with Crippen LogP contribution in [0.3, 0.4) is 0 Å². The number of fused-ring (bicyclic) bond motifs is 1. The first-order chi connectivity index (χ1) is 13.2. The molecule has 0 aliphatic rings. The molecule has 0 radical (unpaired) electrons. The number of carbonyl (C=O) groups excluding carboxylic acids is 1. The molecular formula is C21H17ClN2O2S. The Kier molecular flexibility index (Phi) is 5.23. The predicted molar refractivity (Wildman–Crippen MR) is 111 cm³/mol. The van der Waals surface area contributed by atoms with Gasteiger partial charge in [-0.3, -0.25) is 4.79 Å². The van der Waals surface area contributed by atoms with Crippen LogP contribution < -0.4 is 5.32 Å². The zero-order valence-electron chi connectivity index (χ0n) is 14.4. The van der Waals surface area contributed by atoms with E-state index in [0.29, 0.717) is 17.3 Å². The summed E-state index contributed by atoms with van der Waals surface area (Å²) in [7, 11) is 0. The summed E-state index contributed by atoms with van der Waals surface area (Å²) < 4.78 is 5.11. The first-order valence-electron chi connectivity index (χ1n) is 8.53. The fourth-order valence-corrected chi connectivity index (χ4v) is 4.08. The van der Waals surface area contributed by atoms with Crippen molar-refractivity contribution in [3.8, 4) is 11.3 Å². The number of H-pyrrole nitrogens is 1. The second-order valence-electron chi connectivity index (χ2n) is 5.96. The minimum absolute atomic E-state index is 0.197. The van der Waals surface area contributed by atoms with E-state index >= 15 is 0 Å². The Bertz CT molecular complexity index is 1060. The molecule has 0 unspecified atom stereocenters. The summed E-state index contributed by atoms with van der Waals surface area (Å²) in [4.78, 5) is 16.6. The minimum atomic E-state index is -0.197. The summed E-state index contributed by atoms with van der Waals surface area (Å²) in [5.74, 6) is 0.876. The third kappa shape index (κ3) is 3.89. The molecule has 0 fully saturated rings. The van der Waals surface area contributed by atoms with E-state index in [4.69, 9.17) is 16.0 Å². The lowest BCUT2D eigenvalue weighted by Crippen LogP contribution is -2.25. The SMILES string of the molecule is O=C(NCCSc1c(-c2ccc(Cl)cc2)[nH]c2ccccc12)c1ccco1. The van der Waals surface area contributed by atoms with E-state index in [1.54, 1.807) is 23.9 Å². The van der Waals surface area contributed by atoms with Crippen LogP contribution in [0.5, 0.6) is 0 Å². The number of thioether (sulfide) groups is 1. The van der Waals surface area contributed by atoms with Crippen LogP contribution in [0.15, 0.2) is 76.2 Å². The molecule has 1 amide bonds. The average molecular weight is 397 g/mol. The van der Waals surface area contributed by atoms with Crippen LogP contribution in [-0.2, 0) is 0 Å². The second-order valence-corrected chi connectivity index (χ2v) is 7.50. The molecule has 2 heterocycles. The molecular weight excluding hydrogens is 380 g/mol. The molecule has 4 rings (SSSR count). The van der Waals surface area contributed by atoms with Gasteiger partial charge in [0.15, 0.2) is 5.76 Å². The molecule has 0 aliphatic heterocycles. The highest BCUT2D eigenvalue weighted by atomic mass is 35.5. The molecule has 136 valence electrons. The molecule has 6 heteroatoms. The molecule has 0 saturated heterocycles. The van der Waals surface area contributed by atoms with E-state index in [1.165, 1.54) is 16.5 Å². The Morgan fingerprint density at radius 2 is 1.89 bits per heavy atom. The Hall–Kier alpha value is -2.63. The zero-order chi connectivity index (χ0) is 18.6. The summed E-state index contributed by atoms with van der Waals surface area (Å²) in [5, 5.41) is 4.76. The van der Waals surface area contributed by atoms with Gasteiger partial charge in [-0.2, -0.15) is 0 Å². The summed E-state index contributed by atoms with van der Waals surface area (Å²) >= 11 is 7.74. The maximum absolute atomic E-state index is 12.0. The first kappa shape index (κ1) is 17.8. The van der Waals surface area contributed by atoms with Gasteiger partial charge >= 0.3 is 0 Å². The zero-order valence-corrected chi connectivity index (χ0v) is 15.9. The van der Waals surface area contributed by atoms with E-state index in [-0.39, 0.29) is 5.91 Å². The number of amides is 1. The van der Waals surface area contributed by atoms with Crippen LogP contribution >= 0.6 is 23.4 Å². The Labute approximate surface area is 165 Å². The molecule has 2 N–H and O–H groups in total. The van der Waals surface area contributed by atoms with Gasteiger partial charge in [0.05, 0.1) is 12.0 Å². The Balaban J connectivity index is 1.52. The number of carbonyl (C=O) groups is 1. The molecule has 0 aliphatic carbocycles. The molecule has 4 aromatic rings. The van der Waals surface area contributed by atoms with Gasteiger partial charge in [0, 0.05) is 33.1 Å². The van der Waals surface area contributed by atoms with Crippen LogP contribution in [0, 0.1) is 0 Å². The van der Waals surface area contributed by atoms with Crippen molar-refractivity contribution < 1.29 is 9.21 Å². The van der Waals surface area contributed by atoms with Crippen molar-refractivity contribution in [2.45, 2.75) is 4.90 Å². The highest BCUT2D eigenvalue weighted by molar-refractivity contribution is 7.99. The molecule has 0 saturated carbocycles. The van der Waals surface area contributed by atoms with Crippen LogP contribution in [0.25, 0.3) is 22.2 Å². The van der Waals surface area contributed by atoms with E-state index in [0.717, 1.165) is 22.5 Å². The van der Waals surface area contributed by atoms with Gasteiger partial charge in [0.25, 0.3) is 5.91 Å². The largest absolute Gasteiger partial charge is 0.459 e. The lowest BCUT2D eigenvalue weighted by molar-refractivity contribution is 0.0928. The number of aromatic nitrogens is 1. The van der Waals surface area contributed by atoms with Gasteiger partial charge < -0.3 is 14.7 Å². The van der Waals surface area contributed by atoms with Crippen molar-refractivity contribution in [3.05, 3.63) is 77.7 Å². The van der Waals surface area contributed by atoms with Crippen LogP contribution in [0.4, 0.5) is 0 Å². The maximum atomic E-state index is 12.0. The standard InChI is InChI=1S/C21H17ClN2O2S/c22-15-9-7-14(8-10-15)19-20(16-4-1-2-5-17(16)24-19)27-13-11-23-21(25)18-6-3-12-26-18/h1-10,12,24H,11,13H2,(H,23,25). The fraction of sp³-hybridized carbons (Fsp3) is 0.0952. The fourth-order valence-electron chi connectivity index (χ4n) is 2.90. The number of halogens is 1. The Morgan fingerprint density at radius 3 is 2.67 bits per heavy atom. The number of furan rings is 1. The number of hydrogen-bond donors (Lipinski definition) is 2. The highest BCUT2D eigenvalue weighted by Gasteiger charge is 2.14. The van der Waals surface area contributed by atoms with E-state index < -0.39 is 0 Å². The number of aromatic amines is 1. The molecule has 0 atom stereocenters. The van der Waals surface area contributed by atoms with Crippen LogP contribution in [0.2, 0.25) is 5.02 Å². The van der Waals surface area contributed by atoms with Crippen molar-refractivity contribution in [1.29, 1.82) is 0 Å². The summed E-state index contributed by atoms with van der Waals surface area (Å²) in [5.41, 5.74) is 3.23. The van der Waals surface area contributed by atoms with E-state index in [1.807, 2.05) is 36.4 Å². The monoisotopic (exact) mass is 396 g/mol. The number of rotatable bonds is 6. The number of nitrogens with one attached hydrogen (secondary N) is 2. The van der Waals surface area contributed by atoms with E-state index in [9.17, 15) is 4.79 Å². The average Bonchev–Trinajstić information content (AvgIpc) is 3.34. The van der Waals surface area contributed by atoms with Crippen molar-refractivity contribution in [1.82, 2.24) is 10.3 Å². The van der Waals surface area contributed by atoms with Gasteiger partial charge in [0.2, 0.25) is 0 Å². The number of hydrogen-bond acceptors (Lipinski definition) is 3. The highest BCUT2D eigenvalue weighted by Crippen LogP contribution is 2.37. The van der Waals surface area contributed by atoms with Gasteiger partial charge in [-0.25, -0.2) is 0 Å². The lowest BCUT2D eigenvalue weighted by Gasteiger charge is -2.06. The van der Waals surface area contributed by atoms with Crippen LogP contribution in [-0.4, -0.2) is 23.2 Å². The lowest BCUT2D eigenvalue weighted by atomic mass is 10.1. The van der Waals surface area contributed by atoms with E-state index in [2.05, 4.69) is 22.4 Å². The van der Waals surface area contributed by atoms with Gasteiger partial charge in [-0.05, 0) is 35.9 Å². The molecule has 0 bridgehead atoms. The predicted octanol–water partition coefficient (Wildman–Crippen LogP) is 5.60. The molecule has 2 aromatic carbocycles. The minimum Gasteiger partial charge on any atom is -0.459 e.